The molecule has 0 saturated carbocycles. The fraction of sp³-hybridized carbons (Fsp3) is 0.294. The SMILES string of the molecule is CCc1ccc2c(c1)NCC(c1ccccc1C)O2. The molecule has 0 spiro atoms. The summed E-state index contributed by atoms with van der Waals surface area (Å²) < 4.78 is 6.14. The zero-order chi connectivity index (χ0) is 13.2. The molecule has 0 aromatic heterocycles. The Balaban J connectivity index is 1.88. The van der Waals surface area contributed by atoms with Crippen LogP contribution in [-0.2, 0) is 6.42 Å². The molecule has 2 heteroatoms. The van der Waals surface area contributed by atoms with Gasteiger partial charge in [-0.2, -0.15) is 0 Å². The van der Waals surface area contributed by atoms with E-state index in [4.69, 9.17) is 4.74 Å². The largest absolute Gasteiger partial charge is 0.482 e. The van der Waals surface area contributed by atoms with Gasteiger partial charge in [-0.3, -0.25) is 0 Å². The van der Waals surface area contributed by atoms with Crippen LogP contribution in [0, 0.1) is 6.92 Å². The third kappa shape index (κ3) is 2.30. The van der Waals surface area contributed by atoms with Crippen LogP contribution in [0.2, 0.25) is 0 Å². The van der Waals surface area contributed by atoms with Gasteiger partial charge in [-0.1, -0.05) is 37.3 Å². The normalized spacial score (nSPS) is 17.3. The van der Waals surface area contributed by atoms with Crippen LogP contribution >= 0.6 is 0 Å². The highest BCUT2D eigenvalue weighted by molar-refractivity contribution is 5.60. The lowest BCUT2D eigenvalue weighted by atomic mass is 10.0. The number of nitrogens with one attached hydrogen (secondary N) is 1. The predicted molar refractivity (Wildman–Crippen MR) is 78.9 cm³/mol. The summed E-state index contributed by atoms with van der Waals surface area (Å²) in [5.74, 6) is 0.955. The van der Waals surface area contributed by atoms with E-state index in [0.717, 1.165) is 24.4 Å². The van der Waals surface area contributed by atoms with Crippen molar-refractivity contribution in [2.75, 3.05) is 11.9 Å². The van der Waals surface area contributed by atoms with Crippen LogP contribution in [0.5, 0.6) is 5.75 Å². The summed E-state index contributed by atoms with van der Waals surface area (Å²) in [6.07, 6.45) is 1.15. The maximum Gasteiger partial charge on any atom is 0.143 e. The summed E-state index contributed by atoms with van der Waals surface area (Å²) in [4.78, 5) is 0. The molecule has 1 unspecified atom stereocenters. The summed E-state index contributed by atoms with van der Waals surface area (Å²) in [5.41, 5.74) is 5.00. The molecular formula is C17H19NO. The van der Waals surface area contributed by atoms with Gasteiger partial charge >= 0.3 is 0 Å². The van der Waals surface area contributed by atoms with E-state index >= 15 is 0 Å². The summed E-state index contributed by atoms with van der Waals surface area (Å²) >= 11 is 0. The first-order valence-corrected chi connectivity index (χ1v) is 6.87. The zero-order valence-electron chi connectivity index (χ0n) is 11.4. The highest BCUT2D eigenvalue weighted by Gasteiger charge is 2.21. The first-order valence-electron chi connectivity index (χ1n) is 6.87. The first-order chi connectivity index (χ1) is 9.28. The van der Waals surface area contributed by atoms with Crippen LogP contribution in [-0.4, -0.2) is 6.54 Å². The number of rotatable bonds is 2. The summed E-state index contributed by atoms with van der Waals surface area (Å²) in [6.45, 7) is 5.13. The van der Waals surface area contributed by atoms with Crippen LogP contribution in [0.25, 0.3) is 0 Å². The molecule has 3 rings (SSSR count). The summed E-state index contributed by atoms with van der Waals surface area (Å²) in [7, 11) is 0. The number of hydrogen-bond acceptors (Lipinski definition) is 2. The van der Waals surface area contributed by atoms with Crippen molar-refractivity contribution in [3.63, 3.8) is 0 Å². The van der Waals surface area contributed by atoms with Gasteiger partial charge in [0.05, 0.1) is 12.2 Å². The molecule has 2 aromatic carbocycles. The molecule has 0 saturated heterocycles. The number of hydrogen-bond donors (Lipinski definition) is 1. The monoisotopic (exact) mass is 253 g/mol. The minimum absolute atomic E-state index is 0.0983. The Hall–Kier alpha value is -1.96. The minimum Gasteiger partial charge on any atom is -0.482 e. The smallest absolute Gasteiger partial charge is 0.143 e. The van der Waals surface area contributed by atoms with Crippen LogP contribution in [0.4, 0.5) is 5.69 Å². The molecule has 0 aliphatic carbocycles. The van der Waals surface area contributed by atoms with Gasteiger partial charge in [0, 0.05) is 0 Å². The van der Waals surface area contributed by atoms with Crippen molar-refractivity contribution in [3.8, 4) is 5.75 Å². The lowest BCUT2D eigenvalue weighted by Crippen LogP contribution is -2.24. The van der Waals surface area contributed by atoms with E-state index in [1.54, 1.807) is 0 Å². The Bertz CT molecular complexity index is 592. The second kappa shape index (κ2) is 4.96. The summed E-state index contributed by atoms with van der Waals surface area (Å²) in [6, 6.07) is 14.8. The number of ether oxygens (including phenoxy) is 1. The van der Waals surface area contributed by atoms with Gasteiger partial charge in [0.15, 0.2) is 0 Å². The van der Waals surface area contributed by atoms with E-state index in [-0.39, 0.29) is 6.10 Å². The Morgan fingerprint density at radius 1 is 1.21 bits per heavy atom. The molecule has 1 aliphatic heterocycles. The van der Waals surface area contributed by atoms with Gasteiger partial charge in [0.2, 0.25) is 0 Å². The average molecular weight is 253 g/mol. The molecule has 1 aliphatic rings. The third-order valence-corrected chi connectivity index (χ3v) is 3.73. The minimum atomic E-state index is 0.0983. The van der Waals surface area contributed by atoms with Gasteiger partial charge in [0.25, 0.3) is 0 Å². The van der Waals surface area contributed by atoms with Crippen molar-refractivity contribution in [1.29, 1.82) is 0 Å². The third-order valence-electron chi connectivity index (χ3n) is 3.73. The first kappa shape index (κ1) is 12.1. The van der Waals surface area contributed by atoms with Crippen molar-refractivity contribution >= 4 is 5.69 Å². The fourth-order valence-electron chi connectivity index (χ4n) is 2.56. The molecule has 0 radical (unpaired) electrons. The van der Waals surface area contributed by atoms with E-state index in [0.29, 0.717) is 0 Å². The quantitative estimate of drug-likeness (QED) is 0.870. The van der Waals surface area contributed by atoms with Gasteiger partial charge < -0.3 is 10.1 Å². The van der Waals surface area contributed by atoms with E-state index in [1.165, 1.54) is 16.7 Å². The molecule has 2 aromatic rings. The predicted octanol–water partition coefficient (Wildman–Crippen LogP) is 4.10. The van der Waals surface area contributed by atoms with Crippen LogP contribution in [0.15, 0.2) is 42.5 Å². The molecule has 2 nitrogen and oxygen atoms in total. The molecular weight excluding hydrogens is 234 g/mol. The molecule has 0 amide bonds. The van der Waals surface area contributed by atoms with Crippen LogP contribution < -0.4 is 10.1 Å². The van der Waals surface area contributed by atoms with Gasteiger partial charge in [-0.05, 0) is 42.2 Å². The highest BCUT2D eigenvalue weighted by atomic mass is 16.5. The molecule has 1 N–H and O–H groups in total. The van der Waals surface area contributed by atoms with E-state index in [9.17, 15) is 0 Å². The molecule has 98 valence electrons. The Morgan fingerprint density at radius 3 is 2.84 bits per heavy atom. The maximum atomic E-state index is 6.14. The highest BCUT2D eigenvalue weighted by Crippen LogP contribution is 2.35. The second-order valence-corrected chi connectivity index (χ2v) is 5.03. The van der Waals surface area contributed by atoms with Gasteiger partial charge in [0.1, 0.15) is 11.9 Å². The number of aryl methyl sites for hydroxylation is 2. The zero-order valence-corrected chi connectivity index (χ0v) is 11.4. The topological polar surface area (TPSA) is 21.3 Å². The van der Waals surface area contributed by atoms with E-state index in [1.807, 2.05) is 0 Å². The number of benzene rings is 2. The van der Waals surface area contributed by atoms with Crippen molar-refractivity contribution in [2.24, 2.45) is 0 Å². The molecule has 1 heterocycles. The average Bonchev–Trinajstić information content (AvgIpc) is 2.46. The van der Waals surface area contributed by atoms with Crippen molar-refractivity contribution in [1.82, 2.24) is 0 Å². The van der Waals surface area contributed by atoms with Crippen molar-refractivity contribution in [3.05, 3.63) is 59.2 Å². The molecule has 0 bridgehead atoms. The second-order valence-electron chi connectivity index (χ2n) is 5.03. The maximum absolute atomic E-state index is 6.14. The Kier molecular flexibility index (Phi) is 3.16. The van der Waals surface area contributed by atoms with Crippen molar-refractivity contribution in [2.45, 2.75) is 26.4 Å². The number of fused-ring (bicyclic) bond motifs is 1. The molecule has 19 heavy (non-hydrogen) atoms. The fourth-order valence-corrected chi connectivity index (χ4v) is 2.56. The summed E-state index contributed by atoms with van der Waals surface area (Å²) in [5, 5.41) is 3.49. The van der Waals surface area contributed by atoms with E-state index in [2.05, 4.69) is 61.6 Å². The molecule has 0 fully saturated rings. The number of anilines is 1. The van der Waals surface area contributed by atoms with Crippen molar-refractivity contribution < 1.29 is 4.74 Å². The Morgan fingerprint density at radius 2 is 2.05 bits per heavy atom. The van der Waals surface area contributed by atoms with Crippen LogP contribution in [0.1, 0.15) is 29.7 Å². The lowest BCUT2D eigenvalue weighted by molar-refractivity contribution is 0.209. The van der Waals surface area contributed by atoms with E-state index < -0.39 is 0 Å². The van der Waals surface area contributed by atoms with Crippen LogP contribution in [0.3, 0.4) is 0 Å². The molecule has 1 atom stereocenters. The standard InChI is InChI=1S/C17H19NO/c1-3-13-8-9-16-15(10-13)18-11-17(19-16)14-7-5-4-6-12(14)2/h4-10,17-18H,3,11H2,1-2H3. The van der Waals surface area contributed by atoms with Gasteiger partial charge in [-0.25, -0.2) is 0 Å². The van der Waals surface area contributed by atoms with Gasteiger partial charge in [-0.15, -0.1) is 0 Å². The Labute approximate surface area is 114 Å². The lowest BCUT2D eigenvalue weighted by Gasteiger charge is -2.29.